The minimum absolute atomic E-state index is 0.0102. The molecule has 0 amide bonds. The Labute approximate surface area is 245 Å². The first kappa shape index (κ1) is 31.1. The van der Waals surface area contributed by atoms with Crippen LogP contribution in [0.15, 0.2) is 84.9 Å². The second-order valence-electron chi connectivity index (χ2n) is 9.30. The molecule has 0 saturated carbocycles. The maximum atomic E-state index is 12.7. The van der Waals surface area contributed by atoms with Gasteiger partial charge in [-0.05, 0) is 28.8 Å². The molecule has 3 aromatic rings. The van der Waals surface area contributed by atoms with Crippen molar-refractivity contribution in [1.29, 1.82) is 0 Å². The van der Waals surface area contributed by atoms with Crippen LogP contribution >= 0.6 is 0 Å². The topological polar surface area (TPSA) is 119 Å². The van der Waals surface area contributed by atoms with Crippen molar-refractivity contribution in [2.75, 3.05) is 66.1 Å². The summed E-state index contributed by atoms with van der Waals surface area (Å²) in [6.45, 7) is 2.54. The van der Waals surface area contributed by atoms with E-state index in [4.69, 9.17) is 38.3 Å². The van der Waals surface area contributed by atoms with E-state index in [1.807, 2.05) is 72.8 Å². The lowest BCUT2D eigenvalue weighted by atomic mass is 9.80. The van der Waals surface area contributed by atoms with Gasteiger partial charge in [0.1, 0.15) is 18.8 Å². The quantitative estimate of drug-likeness (QED) is 0.135. The molecule has 0 aromatic heterocycles. The fourth-order valence-electron chi connectivity index (χ4n) is 4.50. The van der Waals surface area contributed by atoms with Gasteiger partial charge in [-0.15, -0.1) is 0 Å². The first-order chi connectivity index (χ1) is 20.6. The number of aliphatic hydroxyl groups excluding tert-OH is 1. The van der Waals surface area contributed by atoms with Gasteiger partial charge in [-0.25, -0.2) is 9.59 Å². The summed E-state index contributed by atoms with van der Waals surface area (Å²) in [5, 5.41) is 8.73. The molecule has 1 heterocycles. The standard InChI is InChI=1S/C32H36O10/c33-15-16-36-17-18-37-19-20-38-21-22-41-32(26-7-3-1-4-8-26,27-9-5-2-6-10-27)28-13-11-25(12-14-28)30(34)39-23-29-24-40-31(35)42-29/h1-14,29,33H,15-24H2. The van der Waals surface area contributed by atoms with E-state index in [-0.39, 0.29) is 26.4 Å². The molecule has 1 N–H and O–H groups in total. The molecule has 1 aliphatic heterocycles. The van der Waals surface area contributed by atoms with Crippen molar-refractivity contribution in [3.05, 3.63) is 107 Å². The van der Waals surface area contributed by atoms with Crippen molar-refractivity contribution in [3.63, 3.8) is 0 Å². The molecule has 1 atom stereocenters. The Morgan fingerprint density at radius 2 is 1.26 bits per heavy atom. The molecule has 42 heavy (non-hydrogen) atoms. The van der Waals surface area contributed by atoms with Crippen LogP contribution in [0.2, 0.25) is 0 Å². The van der Waals surface area contributed by atoms with Crippen molar-refractivity contribution in [3.8, 4) is 0 Å². The first-order valence-electron chi connectivity index (χ1n) is 13.8. The minimum atomic E-state index is -0.982. The van der Waals surface area contributed by atoms with E-state index in [1.54, 1.807) is 12.1 Å². The first-order valence-corrected chi connectivity index (χ1v) is 13.8. The number of cyclic esters (lactones) is 2. The molecular formula is C32H36O10. The van der Waals surface area contributed by atoms with Gasteiger partial charge in [0.25, 0.3) is 0 Å². The third kappa shape index (κ3) is 8.60. The molecule has 0 spiro atoms. The molecule has 0 aliphatic carbocycles. The summed E-state index contributed by atoms with van der Waals surface area (Å²) in [6, 6.07) is 26.8. The van der Waals surface area contributed by atoms with Crippen LogP contribution in [0, 0.1) is 0 Å². The molecule has 1 aliphatic rings. The fourth-order valence-corrected chi connectivity index (χ4v) is 4.50. The van der Waals surface area contributed by atoms with Crippen LogP contribution in [0.1, 0.15) is 27.0 Å². The zero-order valence-electron chi connectivity index (χ0n) is 23.4. The molecular weight excluding hydrogens is 544 g/mol. The summed E-state index contributed by atoms with van der Waals surface area (Å²) in [6.07, 6.45) is -1.38. The number of benzene rings is 3. The van der Waals surface area contributed by atoms with E-state index >= 15 is 0 Å². The number of hydrogen-bond donors (Lipinski definition) is 1. The third-order valence-electron chi connectivity index (χ3n) is 6.46. The Hall–Kier alpha value is -3.80. The highest BCUT2D eigenvalue weighted by atomic mass is 16.8. The van der Waals surface area contributed by atoms with Gasteiger partial charge in [-0.3, -0.25) is 0 Å². The molecule has 224 valence electrons. The predicted molar refractivity (Wildman–Crippen MR) is 151 cm³/mol. The van der Waals surface area contributed by atoms with Crippen molar-refractivity contribution in [2.45, 2.75) is 11.7 Å². The number of hydrogen-bond acceptors (Lipinski definition) is 10. The van der Waals surface area contributed by atoms with E-state index in [2.05, 4.69) is 0 Å². The Balaban J connectivity index is 1.45. The van der Waals surface area contributed by atoms with Gasteiger partial charge >= 0.3 is 12.1 Å². The highest BCUT2D eigenvalue weighted by molar-refractivity contribution is 5.89. The highest BCUT2D eigenvalue weighted by Gasteiger charge is 2.37. The Kier molecular flexibility index (Phi) is 12.3. The number of carbonyl (C=O) groups excluding carboxylic acids is 2. The van der Waals surface area contributed by atoms with Crippen LogP contribution in [0.5, 0.6) is 0 Å². The van der Waals surface area contributed by atoms with Crippen molar-refractivity contribution in [1.82, 2.24) is 0 Å². The number of rotatable bonds is 18. The third-order valence-corrected chi connectivity index (χ3v) is 6.46. The number of carbonyl (C=O) groups is 2. The monoisotopic (exact) mass is 580 g/mol. The van der Waals surface area contributed by atoms with Gasteiger partial charge < -0.3 is 38.3 Å². The maximum absolute atomic E-state index is 12.7. The van der Waals surface area contributed by atoms with Crippen LogP contribution < -0.4 is 0 Å². The Bertz CT molecular complexity index is 1180. The SMILES string of the molecule is O=C1OCC(COC(=O)c2ccc(C(OCCOCCOCCOCCO)(c3ccccc3)c3ccccc3)cc2)O1. The van der Waals surface area contributed by atoms with Gasteiger partial charge in [-0.2, -0.15) is 0 Å². The molecule has 3 aromatic carbocycles. The molecule has 0 radical (unpaired) electrons. The Morgan fingerprint density at radius 3 is 1.79 bits per heavy atom. The lowest BCUT2D eigenvalue weighted by Crippen LogP contribution is -2.34. The van der Waals surface area contributed by atoms with E-state index in [9.17, 15) is 9.59 Å². The minimum Gasteiger partial charge on any atom is -0.458 e. The highest BCUT2D eigenvalue weighted by Crippen LogP contribution is 2.40. The van der Waals surface area contributed by atoms with E-state index in [1.165, 1.54) is 0 Å². The van der Waals surface area contributed by atoms with Gasteiger partial charge in [0, 0.05) is 0 Å². The second-order valence-corrected chi connectivity index (χ2v) is 9.30. The molecule has 10 nitrogen and oxygen atoms in total. The molecule has 4 rings (SSSR count). The summed E-state index contributed by atoms with van der Waals surface area (Å²) in [7, 11) is 0. The van der Waals surface area contributed by atoms with Crippen molar-refractivity contribution < 1.29 is 47.9 Å². The van der Waals surface area contributed by atoms with Crippen LogP contribution in [0.3, 0.4) is 0 Å². The van der Waals surface area contributed by atoms with E-state index in [0.29, 0.717) is 45.2 Å². The largest absolute Gasteiger partial charge is 0.508 e. The molecule has 1 unspecified atom stereocenters. The summed E-state index contributed by atoms with van der Waals surface area (Å²) >= 11 is 0. The van der Waals surface area contributed by atoms with Crippen LogP contribution in [0.25, 0.3) is 0 Å². The van der Waals surface area contributed by atoms with E-state index < -0.39 is 23.8 Å². The van der Waals surface area contributed by atoms with Crippen LogP contribution in [-0.4, -0.2) is 89.4 Å². The maximum Gasteiger partial charge on any atom is 0.508 e. The van der Waals surface area contributed by atoms with Crippen molar-refractivity contribution >= 4 is 12.1 Å². The zero-order valence-corrected chi connectivity index (χ0v) is 23.4. The lowest BCUT2D eigenvalue weighted by molar-refractivity contribution is -0.0375. The predicted octanol–water partition coefficient (Wildman–Crippen LogP) is 3.73. The smallest absolute Gasteiger partial charge is 0.458 e. The van der Waals surface area contributed by atoms with E-state index in [0.717, 1.165) is 16.7 Å². The zero-order chi connectivity index (χ0) is 29.5. The number of ether oxygens (including phenoxy) is 7. The molecule has 1 fully saturated rings. The van der Waals surface area contributed by atoms with Crippen molar-refractivity contribution in [2.24, 2.45) is 0 Å². The van der Waals surface area contributed by atoms with Gasteiger partial charge in [0.05, 0.1) is 58.4 Å². The lowest BCUT2D eigenvalue weighted by Gasteiger charge is -2.36. The van der Waals surface area contributed by atoms with Gasteiger partial charge in [0.2, 0.25) is 0 Å². The molecule has 0 bridgehead atoms. The summed E-state index contributed by atoms with van der Waals surface area (Å²) in [5.41, 5.74) is 2.02. The summed E-state index contributed by atoms with van der Waals surface area (Å²) in [5.74, 6) is -0.536. The molecule has 1 saturated heterocycles. The van der Waals surface area contributed by atoms with Gasteiger partial charge in [-0.1, -0.05) is 72.8 Å². The molecule has 10 heteroatoms. The van der Waals surface area contributed by atoms with Crippen LogP contribution in [-0.2, 0) is 38.8 Å². The average Bonchev–Trinajstić information content (AvgIpc) is 3.46. The number of esters is 1. The summed E-state index contributed by atoms with van der Waals surface area (Å²) < 4.78 is 38.1. The second kappa shape index (κ2) is 16.6. The fraction of sp³-hybridized carbons (Fsp3) is 0.375. The average molecular weight is 581 g/mol. The Morgan fingerprint density at radius 1 is 0.738 bits per heavy atom. The van der Waals surface area contributed by atoms with Crippen LogP contribution in [0.4, 0.5) is 4.79 Å². The normalized spacial score (nSPS) is 14.8. The number of aliphatic hydroxyl groups is 1. The van der Waals surface area contributed by atoms with Gasteiger partial charge in [0.15, 0.2) is 6.10 Å². The summed E-state index contributed by atoms with van der Waals surface area (Å²) in [4.78, 5) is 23.8.